The molecule has 4 heteroatoms. The van der Waals surface area contributed by atoms with Crippen molar-refractivity contribution in [3.8, 4) is 0 Å². The van der Waals surface area contributed by atoms with Gasteiger partial charge < -0.3 is 11.1 Å². The average Bonchev–Trinajstić information content (AvgIpc) is 2.27. The topological polar surface area (TPSA) is 72.2 Å². The molecule has 0 aromatic heterocycles. The minimum absolute atomic E-state index is 0.0968. The molecule has 0 bridgehead atoms. The first-order valence-electron chi connectivity index (χ1n) is 6.65. The molecule has 0 aromatic rings. The van der Waals surface area contributed by atoms with E-state index in [1.807, 2.05) is 13.8 Å². The Morgan fingerprint density at radius 1 is 1.28 bits per heavy atom. The predicted molar refractivity (Wildman–Crippen MR) is 73.8 cm³/mol. The van der Waals surface area contributed by atoms with Crippen molar-refractivity contribution in [2.45, 2.75) is 46.5 Å². The van der Waals surface area contributed by atoms with Gasteiger partial charge in [-0.1, -0.05) is 25.3 Å². The molecule has 2 amide bonds. The quantitative estimate of drug-likeness (QED) is 0.618. The molecule has 0 aromatic carbocycles. The molecule has 2 atom stereocenters. The van der Waals surface area contributed by atoms with Crippen molar-refractivity contribution < 1.29 is 9.59 Å². The molecule has 0 radical (unpaired) electrons. The molecular formula is C14H26N2O2. The summed E-state index contributed by atoms with van der Waals surface area (Å²) in [5.41, 5.74) is 6.34. The molecular weight excluding hydrogens is 228 g/mol. The molecule has 0 spiro atoms. The number of nitrogens with two attached hydrogens (primary N) is 1. The van der Waals surface area contributed by atoms with E-state index < -0.39 is 5.92 Å². The van der Waals surface area contributed by atoms with Crippen molar-refractivity contribution in [3.05, 3.63) is 12.2 Å². The summed E-state index contributed by atoms with van der Waals surface area (Å²) in [5, 5.41) is 2.77. The molecule has 0 fully saturated rings. The maximum atomic E-state index is 12.0. The van der Waals surface area contributed by atoms with Crippen molar-refractivity contribution in [1.29, 1.82) is 0 Å². The van der Waals surface area contributed by atoms with Gasteiger partial charge in [0.1, 0.15) is 0 Å². The third kappa shape index (κ3) is 5.84. The number of nitrogens with one attached hydrogen (secondary N) is 1. The number of allylic oxidation sites excluding steroid dienone is 1. The van der Waals surface area contributed by atoms with Gasteiger partial charge in [-0.25, -0.2) is 0 Å². The van der Waals surface area contributed by atoms with E-state index in [0.29, 0.717) is 19.4 Å². The van der Waals surface area contributed by atoms with Crippen LogP contribution in [0.1, 0.15) is 46.5 Å². The van der Waals surface area contributed by atoms with Crippen LogP contribution in [-0.2, 0) is 9.59 Å². The van der Waals surface area contributed by atoms with Gasteiger partial charge in [-0.15, -0.1) is 6.58 Å². The molecule has 0 aliphatic heterocycles. The maximum absolute atomic E-state index is 12.0. The standard InChI is InChI=1S/C14H26N2O2/c1-5-7-8-11(13(15)17)12(9-10(3)4)14(18)16-6-2/h11-12H,3,5-9H2,1-2,4H3,(H2,15,17)(H,16,18)/t11-,12?/m0/s1. The number of unbranched alkanes of at least 4 members (excludes halogenated alkanes) is 1. The van der Waals surface area contributed by atoms with E-state index in [2.05, 4.69) is 18.8 Å². The van der Waals surface area contributed by atoms with Crippen LogP contribution in [0.25, 0.3) is 0 Å². The van der Waals surface area contributed by atoms with Crippen LogP contribution in [-0.4, -0.2) is 18.4 Å². The number of carbonyl (C=O) groups is 2. The van der Waals surface area contributed by atoms with E-state index >= 15 is 0 Å². The number of amides is 2. The minimum atomic E-state index is -0.395. The highest BCUT2D eigenvalue weighted by Crippen LogP contribution is 2.24. The van der Waals surface area contributed by atoms with E-state index in [1.165, 1.54) is 0 Å². The second-order valence-electron chi connectivity index (χ2n) is 4.81. The zero-order valence-corrected chi connectivity index (χ0v) is 11.8. The Hall–Kier alpha value is -1.32. The number of primary amides is 1. The number of carbonyl (C=O) groups excluding carboxylic acids is 2. The molecule has 0 rings (SSSR count). The molecule has 4 nitrogen and oxygen atoms in total. The lowest BCUT2D eigenvalue weighted by molar-refractivity contribution is -0.133. The van der Waals surface area contributed by atoms with E-state index in [-0.39, 0.29) is 17.7 Å². The molecule has 0 saturated carbocycles. The van der Waals surface area contributed by atoms with Gasteiger partial charge in [-0.05, 0) is 26.7 Å². The summed E-state index contributed by atoms with van der Waals surface area (Å²) in [6.07, 6.45) is 3.07. The molecule has 0 aliphatic rings. The number of hydrogen-bond donors (Lipinski definition) is 2. The van der Waals surface area contributed by atoms with Gasteiger partial charge in [0.05, 0.1) is 5.92 Å². The van der Waals surface area contributed by atoms with Crippen molar-refractivity contribution in [3.63, 3.8) is 0 Å². The Labute approximate surface area is 110 Å². The summed E-state index contributed by atoms with van der Waals surface area (Å²) in [5.74, 6) is -1.26. The summed E-state index contributed by atoms with van der Waals surface area (Å²) in [4.78, 5) is 23.6. The first-order valence-corrected chi connectivity index (χ1v) is 6.65. The Kier molecular flexibility index (Phi) is 8.08. The normalized spacial score (nSPS) is 13.7. The summed E-state index contributed by atoms with van der Waals surface area (Å²) in [6, 6.07) is 0. The van der Waals surface area contributed by atoms with Crippen molar-refractivity contribution in [2.24, 2.45) is 17.6 Å². The molecule has 18 heavy (non-hydrogen) atoms. The Balaban J connectivity index is 4.90. The zero-order valence-electron chi connectivity index (χ0n) is 11.8. The SMILES string of the molecule is C=C(C)CC(C(=O)NCC)[C@H](CCCC)C(N)=O. The molecule has 1 unspecified atom stereocenters. The van der Waals surface area contributed by atoms with Crippen LogP contribution in [0.15, 0.2) is 12.2 Å². The first kappa shape index (κ1) is 16.7. The van der Waals surface area contributed by atoms with Crippen LogP contribution in [0.4, 0.5) is 0 Å². The minimum Gasteiger partial charge on any atom is -0.369 e. The number of hydrogen-bond acceptors (Lipinski definition) is 2. The van der Waals surface area contributed by atoms with Crippen LogP contribution < -0.4 is 11.1 Å². The molecule has 0 aliphatic carbocycles. The van der Waals surface area contributed by atoms with Gasteiger partial charge in [-0.3, -0.25) is 9.59 Å². The van der Waals surface area contributed by atoms with E-state index in [4.69, 9.17) is 5.73 Å². The molecule has 0 saturated heterocycles. The first-order chi connectivity index (χ1) is 8.43. The zero-order chi connectivity index (χ0) is 14.1. The lowest BCUT2D eigenvalue weighted by Gasteiger charge is -2.24. The lowest BCUT2D eigenvalue weighted by Crippen LogP contribution is -2.40. The van der Waals surface area contributed by atoms with Crippen LogP contribution in [0.2, 0.25) is 0 Å². The maximum Gasteiger partial charge on any atom is 0.224 e. The van der Waals surface area contributed by atoms with Gasteiger partial charge in [0.25, 0.3) is 0 Å². The second kappa shape index (κ2) is 8.72. The van der Waals surface area contributed by atoms with E-state index in [9.17, 15) is 9.59 Å². The Morgan fingerprint density at radius 3 is 2.28 bits per heavy atom. The van der Waals surface area contributed by atoms with Crippen LogP contribution >= 0.6 is 0 Å². The largest absolute Gasteiger partial charge is 0.369 e. The van der Waals surface area contributed by atoms with Gasteiger partial charge >= 0.3 is 0 Å². The fourth-order valence-electron chi connectivity index (χ4n) is 2.06. The highest BCUT2D eigenvalue weighted by Gasteiger charge is 2.31. The van der Waals surface area contributed by atoms with Crippen molar-refractivity contribution >= 4 is 11.8 Å². The molecule has 3 N–H and O–H groups in total. The predicted octanol–water partition coefficient (Wildman–Crippen LogP) is 2.00. The van der Waals surface area contributed by atoms with Crippen LogP contribution in [0, 0.1) is 11.8 Å². The van der Waals surface area contributed by atoms with Crippen LogP contribution in [0.5, 0.6) is 0 Å². The third-order valence-electron chi connectivity index (χ3n) is 2.98. The monoisotopic (exact) mass is 254 g/mol. The van der Waals surface area contributed by atoms with Crippen molar-refractivity contribution in [1.82, 2.24) is 5.32 Å². The summed E-state index contributed by atoms with van der Waals surface area (Å²) in [6.45, 7) is 10.2. The number of rotatable bonds is 9. The van der Waals surface area contributed by atoms with E-state index in [1.54, 1.807) is 0 Å². The van der Waals surface area contributed by atoms with Crippen LogP contribution in [0.3, 0.4) is 0 Å². The Bertz CT molecular complexity index is 300. The van der Waals surface area contributed by atoms with Gasteiger partial charge in [-0.2, -0.15) is 0 Å². The van der Waals surface area contributed by atoms with Crippen molar-refractivity contribution in [2.75, 3.05) is 6.54 Å². The lowest BCUT2D eigenvalue weighted by atomic mass is 9.82. The Morgan fingerprint density at radius 2 is 1.89 bits per heavy atom. The van der Waals surface area contributed by atoms with Gasteiger partial charge in [0.15, 0.2) is 0 Å². The molecule has 104 valence electrons. The second-order valence-corrected chi connectivity index (χ2v) is 4.81. The van der Waals surface area contributed by atoms with Gasteiger partial charge in [0, 0.05) is 12.5 Å². The third-order valence-corrected chi connectivity index (χ3v) is 2.98. The highest BCUT2D eigenvalue weighted by molar-refractivity contribution is 5.87. The van der Waals surface area contributed by atoms with Gasteiger partial charge in [0.2, 0.25) is 11.8 Å². The average molecular weight is 254 g/mol. The summed E-state index contributed by atoms with van der Waals surface area (Å²) < 4.78 is 0. The summed E-state index contributed by atoms with van der Waals surface area (Å²) in [7, 11) is 0. The summed E-state index contributed by atoms with van der Waals surface area (Å²) >= 11 is 0. The van der Waals surface area contributed by atoms with E-state index in [0.717, 1.165) is 18.4 Å². The fraction of sp³-hybridized carbons (Fsp3) is 0.714. The highest BCUT2D eigenvalue weighted by atomic mass is 16.2. The smallest absolute Gasteiger partial charge is 0.224 e. The molecule has 0 heterocycles. The fourth-order valence-corrected chi connectivity index (χ4v) is 2.06.